The third-order valence-electron chi connectivity index (χ3n) is 2.03. The number of nitrogens with one attached hydrogen (secondary N) is 2. The second kappa shape index (κ2) is 3.88. The molecule has 1 aromatic rings. The fourth-order valence-corrected chi connectivity index (χ4v) is 1.32. The molecule has 2 N–H and O–H groups in total. The molecule has 2 rings (SSSR count). The van der Waals surface area contributed by atoms with Gasteiger partial charge in [0.1, 0.15) is 0 Å². The Morgan fingerprint density at radius 3 is 2.71 bits per heavy atom. The molecule has 0 spiro atoms. The van der Waals surface area contributed by atoms with Gasteiger partial charge in [-0.1, -0.05) is 23.7 Å². The van der Waals surface area contributed by atoms with E-state index in [1.807, 2.05) is 12.1 Å². The van der Waals surface area contributed by atoms with Gasteiger partial charge in [0.2, 0.25) is 0 Å². The zero-order valence-electron chi connectivity index (χ0n) is 7.59. The van der Waals surface area contributed by atoms with Crippen LogP contribution in [0.1, 0.15) is 12.8 Å². The molecule has 0 radical (unpaired) electrons. The number of para-hydroxylation sites is 1. The van der Waals surface area contributed by atoms with E-state index >= 15 is 0 Å². The van der Waals surface area contributed by atoms with Crippen LogP contribution in [0.2, 0.25) is 5.02 Å². The molecule has 0 aromatic heterocycles. The highest BCUT2D eigenvalue weighted by atomic mass is 35.5. The number of hydrogen-bond acceptors (Lipinski definition) is 1. The molecule has 0 atom stereocenters. The van der Waals surface area contributed by atoms with E-state index in [4.69, 9.17) is 11.6 Å². The van der Waals surface area contributed by atoms with Crippen molar-refractivity contribution in [1.82, 2.24) is 5.32 Å². The number of hydrogen-bond donors (Lipinski definition) is 2. The molecule has 0 saturated heterocycles. The number of benzene rings is 1. The van der Waals surface area contributed by atoms with Gasteiger partial charge in [-0.3, -0.25) is 0 Å². The standard InChI is InChI=1S/C10H11ClN2O/c11-8-3-1-2-4-9(8)13-10(14)12-7-5-6-7/h1-4,7H,5-6H2,(H2,12,13,14). The highest BCUT2D eigenvalue weighted by Gasteiger charge is 2.23. The summed E-state index contributed by atoms with van der Waals surface area (Å²) in [6.07, 6.45) is 2.16. The van der Waals surface area contributed by atoms with Crippen LogP contribution < -0.4 is 10.6 Å². The summed E-state index contributed by atoms with van der Waals surface area (Å²) in [6, 6.07) is 7.35. The largest absolute Gasteiger partial charge is 0.335 e. The maximum absolute atomic E-state index is 11.3. The van der Waals surface area contributed by atoms with Gasteiger partial charge >= 0.3 is 6.03 Å². The van der Waals surface area contributed by atoms with Crippen molar-refractivity contribution in [3.63, 3.8) is 0 Å². The molecule has 1 aliphatic rings. The predicted octanol–water partition coefficient (Wildman–Crippen LogP) is 2.62. The van der Waals surface area contributed by atoms with Gasteiger partial charge in [0.05, 0.1) is 10.7 Å². The van der Waals surface area contributed by atoms with Crippen molar-refractivity contribution in [3.8, 4) is 0 Å². The smallest absolute Gasteiger partial charge is 0.319 e. The van der Waals surface area contributed by atoms with Crippen molar-refractivity contribution in [1.29, 1.82) is 0 Å². The Bertz CT molecular complexity index is 350. The Labute approximate surface area is 87.4 Å². The summed E-state index contributed by atoms with van der Waals surface area (Å²) >= 11 is 5.88. The number of rotatable bonds is 2. The zero-order valence-corrected chi connectivity index (χ0v) is 8.34. The molecule has 1 saturated carbocycles. The summed E-state index contributed by atoms with van der Waals surface area (Å²) in [6.45, 7) is 0. The van der Waals surface area contributed by atoms with Crippen LogP contribution in [0, 0.1) is 0 Å². The quantitative estimate of drug-likeness (QED) is 0.774. The fourth-order valence-electron chi connectivity index (χ4n) is 1.13. The van der Waals surface area contributed by atoms with Gasteiger partial charge in [-0.15, -0.1) is 0 Å². The van der Waals surface area contributed by atoms with E-state index in [9.17, 15) is 4.79 Å². The van der Waals surface area contributed by atoms with Crippen LogP contribution >= 0.6 is 11.6 Å². The van der Waals surface area contributed by atoms with Crippen molar-refractivity contribution in [3.05, 3.63) is 29.3 Å². The van der Waals surface area contributed by atoms with Crippen LogP contribution in [0.15, 0.2) is 24.3 Å². The zero-order chi connectivity index (χ0) is 9.97. The van der Waals surface area contributed by atoms with Crippen LogP contribution in [-0.2, 0) is 0 Å². The molecule has 14 heavy (non-hydrogen) atoms. The van der Waals surface area contributed by atoms with E-state index in [1.54, 1.807) is 12.1 Å². The van der Waals surface area contributed by atoms with Crippen LogP contribution in [0.5, 0.6) is 0 Å². The van der Waals surface area contributed by atoms with Crippen LogP contribution in [0.25, 0.3) is 0 Å². The van der Waals surface area contributed by atoms with Gasteiger partial charge in [0.15, 0.2) is 0 Å². The minimum atomic E-state index is -0.180. The minimum absolute atomic E-state index is 0.180. The Balaban J connectivity index is 1.95. The van der Waals surface area contributed by atoms with Crippen molar-refractivity contribution < 1.29 is 4.79 Å². The molecule has 0 heterocycles. The van der Waals surface area contributed by atoms with Crippen molar-refractivity contribution >= 4 is 23.3 Å². The van der Waals surface area contributed by atoms with E-state index in [1.165, 1.54) is 0 Å². The number of anilines is 1. The highest BCUT2D eigenvalue weighted by Crippen LogP contribution is 2.21. The maximum Gasteiger partial charge on any atom is 0.319 e. The minimum Gasteiger partial charge on any atom is -0.335 e. The summed E-state index contributed by atoms with van der Waals surface area (Å²) < 4.78 is 0. The number of carbonyl (C=O) groups is 1. The first-order chi connectivity index (χ1) is 6.75. The maximum atomic E-state index is 11.3. The van der Waals surface area contributed by atoms with Gasteiger partial charge in [-0.25, -0.2) is 4.79 Å². The van der Waals surface area contributed by atoms with Gasteiger partial charge in [0, 0.05) is 6.04 Å². The SMILES string of the molecule is O=C(Nc1ccccc1Cl)NC1CC1. The van der Waals surface area contributed by atoms with Crippen molar-refractivity contribution in [2.24, 2.45) is 0 Å². The van der Waals surface area contributed by atoms with Gasteiger partial charge in [-0.2, -0.15) is 0 Å². The first-order valence-corrected chi connectivity index (χ1v) is 4.95. The summed E-state index contributed by atoms with van der Waals surface area (Å²) in [5, 5.41) is 6.07. The molecule has 1 aromatic carbocycles. The lowest BCUT2D eigenvalue weighted by molar-refractivity contribution is 0.251. The second-order valence-corrected chi connectivity index (χ2v) is 3.76. The van der Waals surface area contributed by atoms with E-state index in [-0.39, 0.29) is 6.03 Å². The summed E-state index contributed by atoms with van der Waals surface area (Å²) in [5.41, 5.74) is 0.646. The third-order valence-corrected chi connectivity index (χ3v) is 2.36. The molecular weight excluding hydrogens is 200 g/mol. The molecule has 4 heteroatoms. The normalized spacial score (nSPS) is 14.9. The predicted molar refractivity (Wildman–Crippen MR) is 56.6 cm³/mol. The van der Waals surface area contributed by atoms with Gasteiger partial charge < -0.3 is 10.6 Å². The van der Waals surface area contributed by atoms with Crippen molar-refractivity contribution in [2.75, 3.05) is 5.32 Å². The van der Waals surface area contributed by atoms with Crippen molar-refractivity contribution in [2.45, 2.75) is 18.9 Å². The second-order valence-electron chi connectivity index (χ2n) is 3.35. The Kier molecular flexibility index (Phi) is 2.59. The van der Waals surface area contributed by atoms with E-state index in [2.05, 4.69) is 10.6 Å². The summed E-state index contributed by atoms with van der Waals surface area (Å²) in [4.78, 5) is 11.3. The number of amides is 2. The first-order valence-electron chi connectivity index (χ1n) is 4.58. The lowest BCUT2D eigenvalue weighted by atomic mass is 10.3. The van der Waals surface area contributed by atoms with Crippen LogP contribution in [0.4, 0.5) is 10.5 Å². The number of halogens is 1. The average molecular weight is 211 g/mol. The Morgan fingerprint density at radius 1 is 1.36 bits per heavy atom. The topological polar surface area (TPSA) is 41.1 Å². The summed E-state index contributed by atoms with van der Waals surface area (Å²) in [7, 11) is 0. The van der Waals surface area contributed by atoms with E-state index in [0.29, 0.717) is 16.8 Å². The highest BCUT2D eigenvalue weighted by molar-refractivity contribution is 6.33. The third kappa shape index (κ3) is 2.39. The molecule has 2 amide bonds. The first kappa shape index (κ1) is 9.34. The van der Waals surface area contributed by atoms with E-state index in [0.717, 1.165) is 12.8 Å². The molecule has 0 unspecified atom stereocenters. The molecule has 1 fully saturated rings. The Hall–Kier alpha value is -1.22. The summed E-state index contributed by atoms with van der Waals surface area (Å²) in [5.74, 6) is 0. The molecule has 3 nitrogen and oxygen atoms in total. The van der Waals surface area contributed by atoms with E-state index < -0.39 is 0 Å². The fraction of sp³-hybridized carbons (Fsp3) is 0.300. The lowest BCUT2D eigenvalue weighted by Gasteiger charge is -2.07. The molecule has 74 valence electrons. The number of carbonyl (C=O) groups excluding carboxylic acids is 1. The van der Waals surface area contributed by atoms with Gasteiger partial charge in [0.25, 0.3) is 0 Å². The average Bonchev–Trinajstić information content (AvgIpc) is 2.93. The molecule has 0 bridgehead atoms. The van der Waals surface area contributed by atoms with Crippen LogP contribution in [-0.4, -0.2) is 12.1 Å². The van der Waals surface area contributed by atoms with Gasteiger partial charge in [-0.05, 0) is 25.0 Å². The monoisotopic (exact) mass is 210 g/mol. The van der Waals surface area contributed by atoms with Crippen LogP contribution in [0.3, 0.4) is 0 Å². The molecule has 1 aliphatic carbocycles. The molecular formula is C10H11ClN2O. The number of urea groups is 1. The lowest BCUT2D eigenvalue weighted by Crippen LogP contribution is -2.30. The molecule has 0 aliphatic heterocycles. The Morgan fingerprint density at radius 2 is 2.07 bits per heavy atom.